The molecule has 6 nitrogen and oxygen atoms in total. The van der Waals surface area contributed by atoms with Crippen molar-refractivity contribution >= 4 is 17.9 Å². The topological polar surface area (TPSA) is 78.9 Å². The third-order valence-electron chi connectivity index (χ3n) is 1.51. The minimum atomic E-state index is -1.05. The SMILES string of the molecule is CCOC(=O)C(CC)C(=O)OOC(C)=O. The van der Waals surface area contributed by atoms with E-state index >= 15 is 0 Å². The van der Waals surface area contributed by atoms with E-state index in [2.05, 4.69) is 14.5 Å². The predicted octanol–water partition coefficient (Wildman–Crippen LogP) is 0.597. The second kappa shape index (κ2) is 6.80. The molecular formula is C9H14O6. The zero-order valence-corrected chi connectivity index (χ0v) is 8.94. The zero-order valence-electron chi connectivity index (χ0n) is 8.94. The molecule has 86 valence electrons. The maximum atomic E-state index is 11.2. The minimum Gasteiger partial charge on any atom is -0.465 e. The number of rotatable bonds is 4. The lowest BCUT2D eigenvalue weighted by molar-refractivity contribution is -0.260. The molecule has 0 aliphatic heterocycles. The van der Waals surface area contributed by atoms with Crippen LogP contribution < -0.4 is 0 Å². The molecule has 1 unspecified atom stereocenters. The van der Waals surface area contributed by atoms with Gasteiger partial charge in [0.05, 0.1) is 6.61 Å². The second-order valence-corrected chi connectivity index (χ2v) is 2.69. The molecule has 0 bridgehead atoms. The van der Waals surface area contributed by atoms with Crippen LogP contribution in [-0.4, -0.2) is 24.5 Å². The summed E-state index contributed by atoms with van der Waals surface area (Å²) < 4.78 is 4.64. The Hall–Kier alpha value is -1.59. The van der Waals surface area contributed by atoms with Crippen LogP contribution in [-0.2, 0) is 28.9 Å². The van der Waals surface area contributed by atoms with Crippen LogP contribution in [0, 0.1) is 5.92 Å². The number of hydrogen-bond acceptors (Lipinski definition) is 6. The van der Waals surface area contributed by atoms with E-state index in [1.807, 2.05) is 0 Å². The summed E-state index contributed by atoms with van der Waals surface area (Å²) in [5.41, 5.74) is 0. The molecule has 1 atom stereocenters. The number of esters is 1. The van der Waals surface area contributed by atoms with Gasteiger partial charge >= 0.3 is 17.9 Å². The van der Waals surface area contributed by atoms with E-state index < -0.39 is 23.8 Å². The highest BCUT2D eigenvalue weighted by Gasteiger charge is 2.29. The lowest BCUT2D eigenvalue weighted by atomic mass is 10.1. The molecule has 0 radical (unpaired) electrons. The van der Waals surface area contributed by atoms with Gasteiger partial charge in [0.25, 0.3) is 0 Å². The van der Waals surface area contributed by atoms with Crippen LogP contribution in [0.25, 0.3) is 0 Å². The molecule has 0 saturated heterocycles. The van der Waals surface area contributed by atoms with Gasteiger partial charge < -0.3 is 4.74 Å². The molecule has 15 heavy (non-hydrogen) atoms. The minimum absolute atomic E-state index is 0.177. The molecule has 0 aromatic carbocycles. The Labute approximate surface area is 87.4 Å². The number of carbonyl (C=O) groups is 3. The van der Waals surface area contributed by atoms with Crippen molar-refractivity contribution in [2.45, 2.75) is 27.2 Å². The van der Waals surface area contributed by atoms with E-state index in [4.69, 9.17) is 0 Å². The molecule has 0 aromatic heterocycles. The van der Waals surface area contributed by atoms with Gasteiger partial charge in [0, 0.05) is 6.92 Å². The maximum Gasteiger partial charge on any atom is 0.369 e. The third kappa shape index (κ3) is 4.99. The van der Waals surface area contributed by atoms with Gasteiger partial charge in [-0.15, -0.1) is 0 Å². The highest BCUT2D eigenvalue weighted by atomic mass is 17.2. The summed E-state index contributed by atoms with van der Waals surface area (Å²) in [6.45, 7) is 4.51. The van der Waals surface area contributed by atoms with Crippen molar-refractivity contribution in [1.29, 1.82) is 0 Å². The van der Waals surface area contributed by atoms with Crippen LogP contribution in [0.3, 0.4) is 0 Å². The van der Waals surface area contributed by atoms with Crippen LogP contribution >= 0.6 is 0 Å². The smallest absolute Gasteiger partial charge is 0.369 e. The van der Waals surface area contributed by atoms with Gasteiger partial charge in [0.2, 0.25) is 0 Å². The van der Waals surface area contributed by atoms with Gasteiger partial charge in [-0.25, -0.2) is 19.4 Å². The zero-order chi connectivity index (χ0) is 11.8. The largest absolute Gasteiger partial charge is 0.465 e. The first-order valence-electron chi connectivity index (χ1n) is 4.58. The van der Waals surface area contributed by atoms with Crippen molar-refractivity contribution in [3.05, 3.63) is 0 Å². The summed E-state index contributed by atoms with van der Waals surface area (Å²) in [5.74, 6) is -3.42. The summed E-state index contributed by atoms with van der Waals surface area (Å²) in [6.07, 6.45) is 0.221. The molecule has 0 saturated carbocycles. The van der Waals surface area contributed by atoms with Gasteiger partial charge in [0.15, 0.2) is 5.92 Å². The normalized spacial score (nSPS) is 11.4. The summed E-state index contributed by atoms with van der Waals surface area (Å²) in [6, 6.07) is 0. The molecule has 0 N–H and O–H groups in total. The summed E-state index contributed by atoms with van der Waals surface area (Å²) in [5, 5.41) is 0. The van der Waals surface area contributed by atoms with Crippen LogP contribution in [0.5, 0.6) is 0 Å². The summed E-state index contributed by atoms with van der Waals surface area (Å²) >= 11 is 0. The Morgan fingerprint density at radius 2 is 1.67 bits per heavy atom. The van der Waals surface area contributed by atoms with Crippen molar-refractivity contribution in [1.82, 2.24) is 0 Å². The van der Waals surface area contributed by atoms with Crippen LogP contribution in [0.15, 0.2) is 0 Å². The predicted molar refractivity (Wildman–Crippen MR) is 48.3 cm³/mol. The molecular weight excluding hydrogens is 204 g/mol. The first kappa shape index (κ1) is 13.4. The highest BCUT2D eigenvalue weighted by Crippen LogP contribution is 2.08. The van der Waals surface area contributed by atoms with Gasteiger partial charge in [-0.2, -0.15) is 0 Å². The van der Waals surface area contributed by atoms with Gasteiger partial charge in [-0.3, -0.25) is 4.79 Å². The molecule has 0 fully saturated rings. The van der Waals surface area contributed by atoms with Gasteiger partial charge in [-0.1, -0.05) is 6.92 Å². The Morgan fingerprint density at radius 3 is 2.07 bits per heavy atom. The fourth-order valence-corrected chi connectivity index (χ4v) is 0.830. The van der Waals surface area contributed by atoms with Crippen LogP contribution in [0.4, 0.5) is 0 Å². The molecule has 0 amide bonds. The number of ether oxygens (including phenoxy) is 1. The standard InChI is InChI=1S/C9H14O6/c1-4-7(8(11)13-5-2)9(12)15-14-6(3)10/h7H,4-5H2,1-3H3. The van der Waals surface area contributed by atoms with Crippen molar-refractivity contribution in [3.63, 3.8) is 0 Å². The summed E-state index contributed by atoms with van der Waals surface area (Å²) in [7, 11) is 0. The molecule has 0 aromatic rings. The Bertz CT molecular complexity index is 247. The fraction of sp³-hybridized carbons (Fsp3) is 0.667. The lowest BCUT2D eigenvalue weighted by Crippen LogP contribution is -2.28. The Morgan fingerprint density at radius 1 is 1.07 bits per heavy atom. The van der Waals surface area contributed by atoms with Crippen molar-refractivity contribution in [2.24, 2.45) is 5.92 Å². The van der Waals surface area contributed by atoms with E-state index in [0.717, 1.165) is 6.92 Å². The number of hydrogen-bond donors (Lipinski definition) is 0. The van der Waals surface area contributed by atoms with E-state index in [-0.39, 0.29) is 13.0 Å². The van der Waals surface area contributed by atoms with Crippen molar-refractivity contribution < 1.29 is 28.9 Å². The van der Waals surface area contributed by atoms with E-state index in [9.17, 15) is 14.4 Å². The first-order chi connectivity index (χ1) is 7.02. The molecule has 6 heteroatoms. The quantitative estimate of drug-likeness (QED) is 0.297. The van der Waals surface area contributed by atoms with Gasteiger partial charge in [-0.05, 0) is 13.3 Å². The average Bonchev–Trinajstić information content (AvgIpc) is 2.16. The Balaban J connectivity index is 4.21. The van der Waals surface area contributed by atoms with E-state index in [1.165, 1.54) is 0 Å². The van der Waals surface area contributed by atoms with E-state index in [0.29, 0.717) is 0 Å². The molecule has 0 aliphatic rings. The average molecular weight is 218 g/mol. The molecule has 0 heterocycles. The maximum absolute atomic E-state index is 11.2. The monoisotopic (exact) mass is 218 g/mol. The Kier molecular flexibility index (Phi) is 6.08. The van der Waals surface area contributed by atoms with Crippen molar-refractivity contribution in [2.75, 3.05) is 6.61 Å². The highest BCUT2D eigenvalue weighted by molar-refractivity contribution is 5.94. The fourth-order valence-electron chi connectivity index (χ4n) is 0.830. The second-order valence-electron chi connectivity index (χ2n) is 2.69. The number of carbonyl (C=O) groups excluding carboxylic acids is 3. The van der Waals surface area contributed by atoms with Crippen molar-refractivity contribution in [3.8, 4) is 0 Å². The first-order valence-corrected chi connectivity index (χ1v) is 4.58. The molecule has 0 rings (SSSR count). The van der Waals surface area contributed by atoms with Crippen LogP contribution in [0.1, 0.15) is 27.2 Å². The third-order valence-corrected chi connectivity index (χ3v) is 1.51. The molecule has 0 spiro atoms. The summed E-state index contributed by atoms with van der Waals surface area (Å²) in [4.78, 5) is 40.9. The van der Waals surface area contributed by atoms with E-state index in [1.54, 1.807) is 13.8 Å². The molecule has 0 aliphatic carbocycles. The van der Waals surface area contributed by atoms with Gasteiger partial charge in [0.1, 0.15) is 0 Å². The van der Waals surface area contributed by atoms with Crippen LogP contribution in [0.2, 0.25) is 0 Å². The lowest BCUT2D eigenvalue weighted by Gasteiger charge is -2.10.